The molecule has 0 saturated heterocycles. The third kappa shape index (κ3) is 4.88. The second-order valence-corrected chi connectivity index (χ2v) is 10.6. The Balaban J connectivity index is 1.52. The fourth-order valence-electron chi connectivity index (χ4n) is 4.98. The van der Waals surface area contributed by atoms with Crippen molar-refractivity contribution >= 4 is 28.6 Å². The van der Waals surface area contributed by atoms with Crippen LogP contribution in [0.3, 0.4) is 0 Å². The number of fused-ring (bicyclic) bond motifs is 1. The van der Waals surface area contributed by atoms with Gasteiger partial charge in [0.1, 0.15) is 5.75 Å². The highest BCUT2D eigenvalue weighted by Crippen LogP contribution is 2.34. The van der Waals surface area contributed by atoms with Crippen LogP contribution >= 0.6 is 11.3 Å². The SMILES string of the molecule is COc1ccc(Cn2c(-c3ccc4c(c3)NC(=O)CO4)csc2=Nc2c(C)n(C)n(-c3ccccc3)c2=O)cc1OC. The number of carbonyl (C=O) groups excluding carboxylic acids is 1. The predicted octanol–water partition coefficient (Wildman–Crippen LogP) is 4.64. The number of methoxy groups -OCH3 is 2. The van der Waals surface area contributed by atoms with Crippen LogP contribution in [-0.2, 0) is 18.4 Å². The van der Waals surface area contributed by atoms with Crippen LogP contribution in [-0.4, -0.2) is 40.7 Å². The van der Waals surface area contributed by atoms with E-state index in [1.165, 1.54) is 11.3 Å². The van der Waals surface area contributed by atoms with Crippen LogP contribution in [0.25, 0.3) is 16.9 Å². The lowest BCUT2D eigenvalue weighted by Gasteiger charge is -2.19. The summed E-state index contributed by atoms with van der Waals surface area (Å²) in [7, 11) is 5.05. The van der Waals surface area contributed by atoms with E-state index in [1.807, 2.05) is 90.8 Å². The Morgan fingerprint density at radius 2 is 1.79 bits per heavy atom. The summed E-state index contributed by atoms with van der Waals surface area (Å²) in [4.78, 5) is 31.2. The van der Waals surface area contributed by atoms with Gasteiger partial charge in [-0.25, -0.2) is 9.67 Å². The lowest BCUT2D eigenvalue weighted by atomic mass is 10.1. The number of nitrogens with one attached hydrogen (secondary N) is 1. The number of rotatable bonds is 7. The highest BCUT2D eigenvalue weighted by Gasteiger charge is 2.20. The van der Waals surface area contributed by atoms with Crippen molar-refractivity contribution in [2.45, 2.75) is 13.5 Å². The molecule has 11 heteroatoms. The molecule has 42 heavy (non-hydrogen) atoms. The number of carbonyl (C=O) groups is 1. The lowest BCUT2D eigenvalue weighted by molar-refractivity contribution is -0.118. The molecule has 0 atom stereocenters. The monoisotopic (exact) mass is 583 g/mol. The van der Waals surface area contributed by atoms with Crippen molar-refractivity contribution in [3.8, 4) is 34.2 Å². The van der Waals surface area contributed by atoms with E-state index < -0.39 is 0 Å². The van der Waals surface area contributed by atoms with Crippen molar-refractivity contribution in [1.29, 1.82) is 0 Å². The second-order valence-electron chi connectivity index (χ2n) is 9.75. The Kier molecular flexibility index (Phi) is 7.17. The molecular formula is C31H29N5O5S. The Hall–Kier alpha value is -5.03. The molecule has 0 spiro atoms. The van der Waals surface area contributed by atoms with Gasteiger partial charge in [0.15, 0.2) is 28.6 Å². The minimum atomic E-state index is -0.206. The summed E-state index contributed by atoms with van der Waals surface area (Å²) >= 11 is 1.43. The minimum absolute atomic E-state index is 0.00986. The van der Waals surface area contributed by atoms with Crippen LogP contribution in [0.5, 0.6) is 17.2 Å². The Morgan fingerprint density at radius 1 is 1.00 bits per heavy atom. The number of thiazole rings is 1. The number of amides is 1. The maximum Gasteiger partial charge on any atom is 0.297 e. The quantitative estimate of drug-likeness (QED) is 0.301. The number of hydrogen-bond acceptors (Lipinski definition) is 7. The molecule has 214 valence electrons. The molecular weight excluding hydrogens is 554 g/mol. The first-order valence-corrected chi connectivity index (χ1v) is 14.1. The normalized spacial score (nSPS) is 13.0. The number of para-hydroxylation sites is 1. The average Bonchev–Trinajstić information content (AvgIpc) is 3.49. The van der Waals surface area contributed by atoms with E-state index in [1.54, 1.807) is 18.9 Å². The zero-order valence-electron chi connectivity index (χ0n) is 23.6. The van der Waals surface area contributed by atoms with E-state index in [9.17, 15) is 9.59 Å². The van der Waals surface area contributed by atoms with Gasteiger partial charge in [-0.05, 0) is 55.0 Å². The van der Waals surface area contributed by atoms with Crippen LogP contribution in [0.2, 0.25) is 0 Å². The van der Waals surface area contributed by atoms with Crippen LogP contribution in [0.4, 0.5) is 11.4 Å². The van der Waals surface area contributed by atoms with Crippen LogP contribution in [0.15, 0.2) is 81.9 Å². The molecule has 1 N–H and O–H groups in total. The molecule has 3 aromatic carbocycles. The maximum absolute atomic E-state index is 13.7. The van der Waals surface area contributed by atoms with Crippen molar-refractivity contribution in [3.05, 3.63) is 98.5 Å². The van der Waals surface area contributed by atoms with Crippen molar-refractivity contribution in [1.82, 2.24) is 13.9 Å². The Bertz CT molecular complexity index is 1930. The molecule has 2 aromatic heterocycles. The number of nitrogens with zero attached hydrogens (tertiary/aromatic N) is 4. The standard InChI is InChI=1S/C31H29N5O5S/c1-19-29(30(38)36(34(19)2)22-8-6-5-7-9-22)33-31-35(16-20-10-12-26(39-3)27(14-20)40-4)24(18-42-31)21-11-13-25-23(15-21)32-28(37)17-41-25/h5-15,18H,16-17H2,1-4H3,(H,32,37). The number of aromatic nitrogens is 3. The summed E-state index contributed by atoms with van der Waals surface area (Å²) < 4.78 is 22.0. The summed E-state index contributed by atoms with van der Waals surface area (Å²) in [5, 5.41) is 4.88. The van der Waals surface area contributed by atoms with Crippen LogP contribution in [0, 0.1) is 6.92 Å². The highest BCUT2D eigenvalue weighted by atomic mass is 32.1. The number of ether oxygens (including phenoxy) is 3. The molecule has 1 amide bonds. The van der Waals surface area contributed by atoms with Gasteiger partial charge in [-0.1, -0.05) is 24.3 Å². The first-order chi connectivity index (χ1) is 20.4. The van der Waals surface area contributed by atoms with Gasteiger partial charge in [-0.2, -0.15) is 0 Å². The first-order valence-electron chi connectivity index (χ1n) is 13.2. The van der Waals surface area contributed by atoms with Gasteiger partial charge in [0, 0.05) is 18.0 Å². The second kappa shape index (κ2) is 11.1. The molecule has 0 unspecified atom stereocenters. The van der Waals surface area contributed by atoms with E-state index in [-0.39, 0.29) is 18.1 Å². The van der Waals surface area contributed by atoms with Crippen molar-refractivity contribution < 1.29 is 19.0 Å². The van der Waals surface area contributed by atoms with Gasteiger partial charge in [-0.3, -0.25) is 14.3 Å². The fourth-order valence-corrected chi connectivity index (χ4v) is 5.90. The average molecular weight is 584 g/mol. The molecule has 5 aromatic rings. The molecule has 0 aliphatic carbocycles. The number of anilines is 1. The van der Waals surface area contributed by atoms with Gasteiger partial charge >= 0.3 is 0 Å². The van der Waals surface area contributed by atoms with Crippen LogP contribution in [0.1, 0.15) is 11.3 Å². The van der Waals surface area contributed by atoms with E-state index in [4.69, 9.17) is 19.2 Å². The van der Waals surface area contributed by atoms with E-state index >= 15 is 0 Å². The molecule has 1 aliphatic rings. The summed E-state index contributed by atoms with van der Waals surface area (Å²) in [6.07, 6.45) is 0. The van der Waals surface area contributed by atoms with Crippen LogP contribution < -0.4 is 29.9 Å². The van der Waals surface area contributed by atoms with Gasteiger partial charge in [0.25, 0.3) is 11.5 Å². The molecule has 3 heterocycles. The third-order valence-electron chi connectivity index (χ3n) is 7.23. The summed E-state index contributed by atoms with van der Waals surface area (Å²) in [5.41, 5.74) is 4.95. The van der Waals surface area contributed by atoms with Gasteiger partial charge < -0.3 is 24.1 Å². The third-order valence-corrected chi connectivity index (χ3v) is 8.09. The summed E-state index contributed by atoms with van der Waals surface area (Å²) in [5.74, 6) is 1.66. The van der Waals surface area contributed by atoms with Gasteiger partial charge in [0.05, 0.1) is 43.5 Å². The Labute approximate surface area is 245 Å². The van der Waals surface area contributed by atoms with Crippen molar-refractivity contribution in [2.24, 2.45) is 12.0 Å². The van der Waals surface area contributed by atoms with Gasteiger partial charge in [-0.15, -0.1) is 11.3 Å². The lowest BCUT2D eigenvalue weighted by Crippen LogP contribution is -2.25. The van der Waals surface area contributed by atoms with E-state index in [2.05, 4.69) is 9.88 Å². The molecule has 0 bridgehead atoms. The minimum Gasteiger partial charge on any atom is -0.493 e. The molecule has 0 fully saturated rings. The number of benzene rings is 3. The summed E-state index contributed by atoms with van der Waals surface area (Å²) in [6, 6.07) is 20.9. The molecule has 0 saturated carbocycles. The largest absolute Gasteiger partial charge is 0.493 e. The fraction of sp³-hybridized carbons (Fsp3) is 0.194. The van der Waals surface area contributed by atoms with Gasteiger partial charge in [0.2, 0.25) is 0 Å². The molecule has 1 aliphatic heterocycles. The predicted molar refractivity (Wildman–Crippen MR) is 161 cm³/mol. The van der Waals surface area contributed by atoms with Crippen molar-refractivity contribution in [2.75, 3.05) is 26.1 Å². The number of hydrogen-bond donors (Lipinski definition) is 1. The summed E-state index contributed by atoms with van der Waals surface area (Å²) in [6.45, 7) is 2.32. The van der Waals surface area contributed by atoms with E-state index in [0.717, 1.165) is 28.2 Å². The maximum atomic E-state index is 13.7. The van der Waals surface area contributed by atoms with E-state index in [0.29, 0.717) is 40.0 Å². The zero-order valence-corrected chi connectivity index (χ0v) is 24.4. The zero-order chi connectivity index (χ0) is 29.4. The smallest absolute Gasteiger partial charge is 0.297 e. The molecule has 0 radical (unpaired) electrons. The highest BCUT2D eigenvalue weighted by molar-refractivity contribution is 7.07. The molecule has 10 nitrogen and oxygen atoms in total. The first kappa shape index (κ1) is 27.2. The van der Waals surface area contributed by atoms with Crippen molar-refractivity contribution in [3.63, 3.8) is 0 Å². The topological polar surface area (TPSA) is 101 Å². The Morgan fingerprint density at radius 3 is 2.55 bits per heavy atom. The molecule has 6 rings (SSSR count).